The maximum absolute atomic E-state index is 13.5. The van der Waals surface area contributed by atoms with Gasteiger partial charge in [-0.25, -0.2) is 4.79 Å². The van der Waals surface area contributed by atoms with E-state index in [0.29, 0.717) is 23.6 Å². The van der Waals surface area contributed by atoms with Crippen LogP contribution in [0.25, 0.3) is 21.7 Å². The highest BCUT2D eigenvalue weighted by atomic mass is 32.1. The number of amides is 1. The molecule has 0 bridgehead atoms. The number of hydrogen-bond donors (Lipinski definition) is 0. The molecule has 0 atom stereocenters. The zero-order valence-corrected chi connectivity index (χ0v) is 20.1. The molecule has 4 rings (SSSR count). The highest BCUT2D eigenvalue weighted by Gasteiger charge is 2.32. The number of aromatic nitrogens is 1. The molecule has 6 nitrogen and oxygen atoms in total. The van der Waals surface area contributed by atoms with Crippen LogP contribution in [0.4, 0.5) is 0 Å². The van der Waals surface area contributed by atoms with Gasteiger partial charge in [-0.2, -0.15) is 0 Å². The number of carbonyl (C=O) groups excluding carboxylic acids is 2. The summed E-state index contributed by atoms with van der Waals surface area (Å²) in [6.07, 6.45) is 0.734. The van der Waals surface area contributed by atoms with Gasteiger partial charge in [0.05, 0.1) is 19.9 Å². The SMILES string of the molecule is COC(=O)c1cc2c(cc1OC)CCn1c(C(=O)N(C)C(C)(C)C)cc(-c3cccs3)c1-2. The van der Waals surface area contributed by atoms with Crippen molar-refractivity contribution in [3.8, 4) is 27.4 Å². The Bertz CT molecular complexity index is 1190. The number of thiophene rings is 1. The molecule has 0 spiro atoms. The van der Waals surface area contributed by atoms with Gasteiger partial charge in [0.25, 0.3) is 5.91 Å². The lowest BCUT2D eigenvalue weighted by Gasteiger charge is -2.32. The Morgan fingerprint density at radius 1 is 1.12 bits per heavy atom. The molecule has 7 heteroatoms. The molecule has 0 radical (unpaired) electrons. The summed E-state index contributed by atoms with van der Waals surface area (Å²) in [6.45, 7) is 6.74. The normalized spacial score (nSPS) is 12.7. The molecule has 0 saturated carbocycles. The fourth-order valence-corrected chi connectivity index (χ4v) is 4.81. The first-order valence-corrected chi connectivity index (χ1v) is 11.4. The molecular formula is C25H28N2O4S. The number of carbonyl (C=O) groups is 2. The number of rotatable bonds is 4. The first-order chi connectivity index (χ1) is 15.2. The van der Waals surface area contributed by atoms with Crippen molar-refractivity contribution in [2.45, 2.75) is 39.3 Å². The van der Waals surface area contributed by atoms with E-state index in [-0.39, 0.29) is 11.4 Å². The molecule has 0 aliphatic carbocycles. The number of benzene rings is 1. The Kier molecular flexibility index (Phi) is 5.63. The quantitative estimate of drug-likeness (QED) is 0.517. The fourth-order valence-electron chi connectivity index (χ4n) is 4.06. The van der Waals surface area contributed by atoms with Crippen LogP contribution in [0, 0.1) is 0 Å². The third-order valence-corrected chi connectivity index (χ3v) is 7.01. The van der Waals surface area contributed by atoms with Gasteiger partial charge in [0, 0.05) is 35.1 Å². The van der Waals surface area contributed by atoms with Crippen molar-refractivity contribution >= 4 is 23.2 Å². The van der Waals surface area contributed by atoms with Crippen molar-refractivity contribution in [1.82, 2.24) is 9.47 Å². The number of hydrogen-bond acceptors (Lipinski definition) is 5. The van der Waals surface area contributed by atoms with Crippen molar-refractivity contribution in [1.29, 1.82) is 0 Å². The lowest BCUT2D eigenvalue weighted by molar-refractivity contribution is 0.0595. The highest BCUT2D eigenvalue weighted by Crippen LogP contribution is 2.43. The maximum atomic E-state index is 13.5. The van der Waals surface area contributed by atoms with Gasteiger partial charge in [-0.15, -0.1) is 11.3 Å². The van der Waals surface area contributed by atoms with E-state index in [1.165, 1.54) is 7.11 Å². The largest absolute Gasteiger partial charge is 0.496 e. The molecule has 0 fully saturated rings. The second kappa shape index (κ2) is 8.13. The van der Waals surface area contributed by atoms with Crippen molar-refractivity contribution in [2.75, 3.05) is 21.3 Å². The van der Waals surface area contributed by atoms with Crippen LogP contribution in [-0.4, -0.2) is 48.1 Å². The first kappa shape index (κ1) is 22.1. The van der Waals surface area contributed by atoms with E-state index in [1.807, 2.05) is 57.5 Å². The minimum absolute atomic E-state index is 0.0216. The summed E-state index contributed by atoms with van der Waals surface area (Å²) < 4.78 is 12.6. The predicted octanol–water partition coefficient (Wildman–Crippen LogP) is 5.11. The standard InChI is InChI=1S/C25H28N2O4S/c1-25(2,3)26(4)23(28)19-14-18(21-8-7-11-32-21)22-16-13-17(24(29)31-6)20(30-5)12-15(16)9-10-27(19)22/h7-8,11-14H,9-10H2,1-6H3. The van der Waals surface area contributed by atoms with Crippen LogP contribution in [0.1, 0.15) is 47.2 Å². The Morgan fingerprint density at radius 2 is 1.88 bits per heavy atom. The van der Waals surface area contributed by atoms with E-state index < -0.39 is 5.97 Å². The monoisotopic (exact) mass is 452 g/mol. The van der Waals surface area contributed by atoms with Gasteiger partial charge >= 0.3 is 5.97 Å². The van der Waals surface area contributed by atoms with Crippen LogP contribution >= 0.6 is 11.3 Å². The molecule has 1 aliphatic rings. The minimum atomic E-state index is -0.449. The van der Waals surface area contributed by atoms with Crippen LogP contribution in [0.2, 0.25) is 0 Å². The molecule has 0 N–H and O–H groups in total. The Morgan fingerprint density at radius 3 is 2.47 bits per heavy atom. The summed E-state index contributed by atoms with van der Waals surface area (Å²) >= 11 is 1.63. The molecule has 0 saturated heterocycles. The number of nitrogens with zero attached hydrogens (tertiary/aromatic N) is 2. The van der Waals surface area contributed by atoms with E-state index in [1.54, 1.807) is 23.3 Å². The number of methoxy groups -OCH3 is 2. The van der Waals surface area contributed by atoms with Gasteiger partial charge in [0.15, 0.2) is 0 Å². The smallest absolute Gasteiger partial charge is 0.341 e. The number of aryl methyl sites for hydroxylation is 1. The van der Waals surface area contributed by atoms with Crippen molar-refractivity contribution < 1.29 is 19.1 Å². The van der Waals surface area contributed by atoms with Gasteiger partial charge in [-0.05, 0) is 62.4 Å². The molecule has 3 aromatic rings. The molecule has 1 aromatic carbocycles. The van der Waals surface area contributed by atoms with Crippen LogP contribution < -0.4 is 4.74 Å². The Balaban J connectivity index is 1.97. The van der Waals surface area contributed by atoms with Gasteiger partial charge in [-0.1, -0.05) is 6.07 Å². The molecular weight excluding hydrogens is 424 g/mol. The van der Waals surface area contributed by atoms with Crippen LogP contribution in [0.3, 0.4) is 0 Å². The molecule has 3 heterocycles. The molecule has 1 amide bonds. The van der Waals surface area contributed by atoms with E-state index in [2.05, 4.69) is 10.6 Å². The van der Waals surface area contributed by atoms with Crippen molar-refractivity contribution in [3.05, 3.63) is 52.5 Å². The van der Waals surface area contributed by atoms with Gasteiger partial charge in [-0.3, -0.25) is 4.79 Å². The lowest BCUT2D eigenvalue weighted by Crippen LogP contribution is -2.43. The highest BCUT2D eigenvalue weighted by molar-refractivity contribution is 7.13. The zero-order valence-electron chi connectivity index (χ0n) is 19.3. The van der Waals surface area contributed by atoms with Crippen LogP contribution in [0.15, 0.2) is 35.7 Å². The predicted molar refractivity (Wildman–Crippen MR) is 127 cm³/mol. The third kappa shape index (κ3) is 3.60. The number of ether oxygens (including phenoxy) is 2. The third-order valence-electron chi connectivity index (χ3n) is 6.10. The van der Waals surface area contributed by atoms with E-state index in [0.717, 1.165) is 33.7 Å². The molecule has 32 heavy (non-hydrogen) atoms. The minimum Gasteiger partial charge on any atom is -0.496 e. The average Bonchev–Trinajstić information content (AvgIpc) is 3.43. The topological polar surface area (TPSA) is 60.8 Å². The molecule has 2 aromatic heterocycles. The lowest BCUT2D eigenvalue weighted by atomic mass is 9.93. The summed E-state index contributed by atoms with van der Waals surface area (Å²) in [5.74, 6) is 0.0264. The van der Waals surface area contributed by atoms with Crippen molar-refractivity contribution in [3.63, 3.8) is 0 Å². The molecule has 0 unspecified atom stereocenters. The maximum Gasteiger partial charge on any atom is 0.341 e. The first-order valence-electron chi connectivity index (χ1n) is 10.5. The van der Waals surface area contributed by atoms with Gasteiger partial charge < -0.3 is 18.9 Å². The summed E-state index contributed by atoms with van der Waals surface area (Å²) in [4.78, 5) is 28.8. The van der Waals surface area contributed by atoms with E-state index in [9.17, 15) is 9.59 Å². The number of esters is 1. The van der Waals surface area contributed by atoms with E-state index >= 15 is 0 Å². The fraction of sp³-hybridized carbons (Fsp3) is 0.360. The average molecular weight is 453 g/mol. The summed E-state index contributed by atoms with van der Waals surface area (Å²) in [5, 5.41) is 2.03. The number of fused-ring (bicyclic) bond motifs is 3. The van der Waals surface area contributed by atoms with Crippen LogP contribution in [0.5, 0.6) is 5.75 Å². The Hall–Kier alpha value is -3.06. The molecule has 1 aliphatic heterocycles. The second-order valence-electron chi connectivity index (χ2n) is 8.91. The summed E-state index contributed by atoms with van der Waals surface area (Å²) in [6, 6.07) is 9.80. The second-order valence-corrected chi connectivity index (χ2v) is 9.85. The molecule has 168 valence electrons. The Labute approximate surface area is 192 Å². The van der Waals surface area contributed by atoms with E-state index in [4.69, 9.17) is 9.47 Å². The van der Waals surface area contributed by atoms with Crippen molar-refractivity contribution in [2.24, 2.45) is 0 Å². The zero-order chi connectivity index (χ0) is 23.2. The van der Waals surface area contributed by atoms with Gasteiger partial charge in [0.1, 0.15) is 17.0 Å². The summed E-state index contributed by atoms with van der Waals surface area (Å²) in [5.41, 5.74) is 4.68. The van der Waals surface area contributed by atoms with Crippen LogP contribution in [-0.2, 0) is 17.7 Å². The summed E-state index contributed by atoms with van der Waals surface area (Å²) in [7, 11) is 4.75. The van der Waals surface area contributed by atoms with Gasteiger partial charge in [0.2, 0.25) is 0 Å².